The van der Waals surface area contributed by atoms with Crippen molar-refractivity contribution in [2.75, 3.05) is 0 Å². The lowest BCUT2D eigenvalue weighted by Gasteiger charge is -1.98. The van der Waals surface area contributed by atoms with Crippen LogP contribution in [0.2, 0.25) is 0 Å². The summed E-state index contributed by atoms with van der Waals surface area (Å²) in [6.45, 7) is 0. The molecule has 1 heterocycles. The van der Waals surface area contributed by atoms with E-state index in [4.69, 9.17) is 0 Å². The van der Waals surface area contributed by atoms with Gasteiger partial charge in [-0.1, -0.05) is 0 Å². The van der Waals surface area contributed by atoms with E-state index in [0.29, 0.717) is 4.47 Å². The Balaban J connectivity index is 3.09. The average molecular weight is 243 g/mol. The second-order valence-electron chi connectivity index (χ2n) is 2.48. The monoisotopic (exact) mass is 242 g/mol. The van der Waals surface area contributed by atoms with Crippen LogP contribution in [-0.4, -0.2) is 9.97 Å². The number of nitrogens with zero attached hydrogens (tertiary/aromatic N) is 1. The molecule has 3 nitrogen and oxygen atoms in total. The van der Waals surface area contributed by atoms with E-state index in [1.165, 1.54) is 18.5 Å². The van der Waals surface area contributed by atoms with Gasteiger partial charge in [0.05, 0.1) is 11.7 Å². The van der Waals surface area contributed by atoms with Gasteiger partial charge in [-0.2, -0.15) is 0 Å². The largest absolute Gasteiger partial charge is 0.313 e. The first-order valence-corrected chi connectivity index (χ1v) is 4.31. The maximum atomic E-state index is 13.1. The molecule has 0 radical (unpaired) electrons. The molecule has 1 aromatic heterocycles. The van der Waals surface area contributed by atoms with Crippen LogP contribution in [0.15, 0.2) is 27.7 Å². The second-order valence-corrected chi connectivity index (χ2v) is 3.34. The Kier molecular flexibility index (Phi) is 1.88. The summed E-state index contributed by atoms with van der Waals surface area (Å²) in [6, 6.07) is 2.74. The van der Waals surface area contributed by atoms with E-state index in [0.717, 1.165) is 0 Å². The van der Waals surface area contributed by atoms with Crippen LogP contribution >= 0.6 is 15.9 Å². The average Bonchev–Trinajstić information content (AvgIpc) is 2.12. The Bertz CT molecular complexity index is 523. The minimum Gasteiger partial charge on any atom is -0.313 e. The van der Waals surface area contributed by atoms with Crippen LogP contribution in [0.25, 0.3) is 10.9 Å². The third-order valence-electron chi connectivity index (χ3n) is 1.69. The first-order valence-electron chi connectivity index (χ1n) is 3.51. The number of H-pyrrole nitrogens is 1. The fourth-order valence-corrected chi connectivity index (χ4v) is 1.61. The minimum atomic E-state index is -0.496. The van der Waals surface area contributed by atoms with Crippen molar-refractivity contribution >= 4 is 26.8 Å². The molecule has 66 valence electrons. The van der Waals surface area contributed by atoms with Crippen LogP contribution in [0.3, 0.4) is 0 Å². The minimum absolute atomic E-state index is 0.0816. The Labute approximate surface area is 80.7 Å². The number of halogens is 2. The molecular formula is C8H4BrFN2O. The summed E-state index contributed by atoms with van der Waals surface area (Å²) in [5.41, 5.74) is -0.269. The number of aromatic nitrogens is 2. The number of hydrogen-bond donors (Lipinski definition) is 1. The molecule has 5 heteroatoms. The Morgan fingerprint density at radius 1 is 1.46 bits per heavy atom. The Morgan fingerprint density at radius 2 is 2.23 bits per heavy atom. The third-order valence-corrected chi connectivity index (χ3v) is 2.36. The molecule has 2 aromatic rings. The highest BCUT2D eigenvalue weighted by Gasteiger charge is 2.07. The molecule has 0 unspecified atom stereocenters. The normalized spacial score (nSPS) is 10.6. The van der Waals surface area contributed by atoms with E-state index >= 15 is 0 Å². The summed E-state index contributed by atoms with van der Waals surface area (Å²) in [4.78, 5) is 17.4. The predicted octanol–water partition coefficient (Wildman–Crippen LogP) is 1.82. The van der Waals surface area contributed by atoms with Crippen molar-refractivity contribution in [1.29, 1.82) is 0 Å². The number of nitrogens with one attached hydrogen (secondary N) is 1. The molecule has 0 atom stereocenters. The van der Waals surface area contributed by atoms with Gasteiger partial charge >= 0.3 is 0 Å². The molecule has 1 aromatic carbocycles. The lowest BCUT2D eigenvalue weighted by atomic mass is 10.2. The summed E-state index contributed by atoms with van der Waals surface area (Å²) in [6.07, 6.45) is 1.18. The van der Waals surface area contributed by atoms with E-state index in [2.05, 4.69) is 25.9 Å². The number of benzene rings is 1. The van der Waals surface area contributed by atoms with Crippen molar-refractivity contribution in [3.63, 3.8) is 0 Å². The summed E-state index contributed by atoms with van der Waals surface area (Å²) >= 11 is 3.16. The third kappa shape index (κ3) is 1.25. The molecule has 0 bridgehead atoms. The van der Waals surface area contributed by atoms with Gasteiger partial charge in [-0.05, 0) is 28.1 Å². The SMILES string of the molecule is O=c1[nH]cnc2c(F)ccc(Br)c12. The fourth-order valence-electron chi connectivity index (χ4n) is 1.11. The van der Waals surface area contributed by atoms with Crippen molar-refractivity contribution in [3.8, 4) is 0 Å². The van der Waals surface area contributed by atoms with Crippen molar-refractivity contribution in [2.24, 2.45) is 0 Å². The molecule has 0 spiro atoms. The molecule has 0 aliphatic heterocycles. The Hall–Kier alpha value is -1.23. The summed E-state index contributed by atoms with van der Waals surface area (Å²) in [5, 5.41) is 0.238. The summed E-state index contributed by atoms with van der Waals surface area (Å²) in [7, 11) is 0. The number of hydrogen-bond acceptors (Lipinski definition) is 2. The van der Waals surface area contributed by atoms with Crippen molar-refractivity contribution in [1.82, 2.24) is 9.97 Å². The van der Waals surface area contributed by atoms with Crippen LogP contribution in [0, 0.1) is 5.82 Å². The molecule has 0 fully saturated rings. The first kappa shape index (κ1) is 8.37. The lowest BCUT2D eigenvalue weighted by Crippen LogP contribution is -2.07. The van der Waals surface area contributed by atoms with Gasteiger partial charge in [0.1, 0.15) is 11.3 Å². The van der Waals surface area contributed by atoms with Crippen LogP contribution < -0.4 is 5.56 Å². The zero-order chi connectivity index (χ0) is 9.42. The van der Waals surface area contributed by atoms with Crippen molar-refractivity contribution in [3.05, 3.63) is 39.1 Å². The van der Waals surface area contributed by atoms with Gasteiger partial charge in [-0.15, -0.1) is 0 Å². The van der Waals surface area contributed by atoms with Crippen LogP contribution in [0.1, 0.15) is 0 Å². The highest BCUT2D eigenvalue weighted by Crippen LogP contribution is 2.20. The zero-order valence-corrected chi connectivity index (χ0v) is 7.93. The molecule has 13 heavy (non-hydrogen) atoms. The van der Waals surface area contributed by atoms with E-state index in [1.54, 1.807) is 0 Å². The summed E-state index contributed by atoms with van der Waals surface area (Å²) < 4.78 is 13.7. The second kappa shape index (κ2) is 2.92. The van der Waals surface area contributed by atoms with Gasteiger partial charge in [0.25, 0.3) is 5.56 Å². The topological polar surface area (TPSA) is 45.8 Å². The number of fused-ring (bicyclic) bond motifs is 1. The smallest absolute Gasteiger partial charge is 0.259 e. The van der Waals surface area contributed by atoms with Gasteiger partial charge in [0.2, 0.25) is 0 Å². The quantitative estimate of drug-likeness (QED) is 0.767. The molecule has 1 N–H and O–H groups in total. The fraction of sp³-hybridized carbons (Fsp3) is 0. The highest BCUT2D eigenvalue weighted by molar-refractivity contribution is 9.10. The van der Waals surface area contributed by atoms with Crippen LogP contribution in [0.4, 0.5) is 4.39 Å². The molecule has 0 aliphatic rings. The van der Waals surface area contributed by atoms with Gasteiger partial charge in [0.15, 0.2) is 0 Å². The van der Waals surface area contributed by atoms with E-state index in [9.17, 15) is 9.18 Å². The summed E-state index contributed by atoms with van der Waals surface area (Å²) in [5.74, 6) is -0.496. The maximum absolute atomic E-state index is 13.1. The predicted molar refractivity (Wildman–Crippen MR) is 50.0 cm³/mol. The first-order chi connectivity index (χ1) is 6.20. The maximum Gasteiger partial charge on any atom is 0.259 e. The molecular weight excluding hydrogens is 239 g/mol. The highest BCUT2D eigenvalue weighted by atomic mass is 79.9. The number of aromatic amines is 1. The van der Waals surface area contributed by atoms with Gasteiger partial charge < -0.3 is 4.98 Å². The molecule has 0 aliphatic carbocycles. The van der Waals surface area contributed by atoms with Gasteiger partial charge in [0, 0.05) is 4.47 Å². The van der Waals surface area contributed by atoms with Gasteiger partial charge in [-0.3, -0.25) is 4.79 Å². The van der Waals surface area contributed by atoms with Crippen molar-refractivity contribution < 1.29 is 4.39 Å². The van der Waals surface area contributed by atoms with E-state index in [1.807, 2.05) is 0 Å². The molecule has 2 rings (SSSR count). The Morgan fingerprint density at radius 3 is 2.92 bits per heavy atom. The standard InChI is InChI=1S/C8H4BrFN2O/c9-4-1-2-5(10)7-6(4)8(13)12-3-11-7/h1-3H,(H,11,12,13). The zero-order valence-electron chi connectivity index (χ0n) is 6.34. The molecule has 0 amide bonds. The lowest BCUT2D eigenvalue weighted by molar-refractivity contribution is 0.636. The van der Waals surface area contributed by atoms with E-state index in [-0.39, 0.29) is 16.5 Å². The van der Waals surface area contributed by atoms with Crippen LogP contribution in [-0.2, 0) is 0 Å². The molecule has 0 saturated carbocycles. The van der Waals surface area contributed by atoms with Crippen molar-refractivity contribution in [2.45, 2.75) is 0 Å². The van der Waals surface area contributed by atoms with Gasteiger partial charge in [-0.25, -0.2) is 9.37 Å². The van der Waals surface area contributed by atoms with E-state index < -0.39 is 5.82 Å². The molecule has 0 saturated heterocycles. The van der Waals surface area contributed by atoms with Crippen LogP contribution in [0.5, 0.6) is 0 Å². The number of rotatable bonds is 0.